The van der Waals surface area contributed by atoms with Crippen LogP contribution in [0.15, 0.2) is 12.1 Å². The van der Waals surface area contributed by atoms with E-state index in [1.54, 1.807) is 6.26 Å². The zero-order valence-corrected chi connectivity index (χ0v) is 11.9. The first-order chi connectivity index (χ1) is 9.38. The zero-order valence-electron chi connectivity index (χ0n) is 11.1. The molecule has 0 spiro atoms. The van der Waals surface area contributed by atoms with Gasteiger partial charge in [0.2, 0.25) is 0 Å². The molecule has 0 bridgehead atoms. The van der Waals surface area contributed by atoms with Crippen molar-refractivity contribution in [3.05, 3.63) is 34.9 Å². The number of aryl methyl sites for hydroxylation is 1. The van der Waals surface area contributed by atoms with Crippen LogP contribution < -0.4 is 5.32 Å². The van der Waals surface area contributed by atoms with Crippen LogP contribution in [0.2, 0.25) is 0 Å². The number of hydrogen-bond donors (Lipinski definition) is 2. The fourth-order valence-corrected chi connectivity index (χ4v) is 2.06. The van der Waals surface area contributed by atoms with Crippen molar-refractivity contribution in [2.45, 2.75) is 19.4 Å². The quantitative estimate of drug-likeness (QED) is 0.845. The third kappa shape index (κ3) is 3.93. The molecule has 7 heteroatoms. The molecule has 0 heterocycles. The topological polar surface area (TPSA) is 66.4 Å². The van der Waals surface area contributed by atoms with Gasteiger partial charge in [-0.25, -0.2) is 13.6 Å². The minimum absolute atomic E-state index is 0.118. The van der Waals surface area contributed by atoms with Crippen molar-refractivity contribution in [2.75, 3.05) is 12.0 Å². The summed E-state index contributed by atoms with van der Waals surface area (Å²) in [6.45, 7) is 1.40. The minimum Gasteiger partial charge on any atom is -0.480 e. The summed E-state index contributed by atoms with van der Waals surface area (Å²) < 4.78 is 27.3. The monoisotopic (exact) mass is 303 g/mol. The van der Waals surface area contributed by atoms with Gasteiger partial charge in [-0.2, -0.15) is 11.8 Å². The highest BCUT2D eigenvalue weighted by Crippen LogP contribution is 2.16. The van der Waals surface area contributed by atoms with Gasteiger partial charge < -0.3 is 10.4 Å². The molecule has 1 atom stereocenters. The van der Waals surface area contributed by atoms with Gasteiger partial charge in [0, 0.05) is 0 Å². The molecular weight excluding hydrogens is 288 g/mol. The lowest BCUT2D eigenvalue weighted by Gasteiger charge is -2.15. The van der Waals surface area contributed by atoms with Crippen molar-refractivity contribution in [3.63, 3.8) is 0 Å². The number of carboxylic acids is 1. The highest BCUT2D eigenvalue weighted by Gasteiger charge is 2.24. The third-order valence-corrected chi connectivity index (χ3v) is 3.37. The number of carbonyl (C=O) groups excluding carboxylic acids is 1. The molecule has 110 valence electrons. The smallest absolute Gasteiger partial charge is 0.326 e. The molecule has 0 aromatic heterocycles. The molecule has 2 N–H and O–H groups in total. The molecule has 0 aliphatic carbocycles. The molecule has 20 heavy (non-hydrogen) atoms. The average molecular weight is 303 g/mol. The predicted molar refractivity (Wildman–Crippen MR) is 73.0 cm³/mol. The molecule has 0 radical (unpaired) electrons. The van der Waals surface area contributed by atoms with E-state index in [0.29, 0.717) is 5.75 Å². The highest BCUT2D eigenvalue weighted by atomic mass is 32.2. The first kappa shape index (κ1) is 16.4. The van der Waals surface area contributed by atoms with E-state index >= 15 is 0 Å². The van der Waals surface area contributed by atoms with Crippen LogP contribution in [0.4, 0.5) is 8.78 Å². The molecule has 1 aromatic rings. The van der Waals surface area contributed by atoms with Gasteiger partial charge in [-0.1, -0.05) is 6.07 Å². The van der Waals surface area contributed by atoms with E-state index in [1.165, 1.54) is 24.8 Å². The van der Waals surface area contributed by atoms with Crippen LogP contribution in [0, 0.1) is 18.6 Å². The zero-order chi connectivity index (χ0) is 15.3. The lowest BCUT2D eigenvalue weighted by Crippen LogP contribution is -2.41. The Kier molecular flexibility index (Phi) is 5.94. The molecule has 4 nitrogen and oxygen atoms in total. The first-order valence-corrected chi connectivity index (χ1v) is 7.25. The Morgan fingerprint density at radius 3 is 2.60 bits per heavy atom. The molecular formula is C13H15F2NO3S. The van der Waals surface area contributed by atoms with Gasteiger partial charge in [0.1, 0.15) is 23.2 Å². The van der Waals surface area contributed by atoms with Crippen molar-refractivity contribution in [1.82, 2.24) is 5.32 Å². The SMILES string of the molecule is CSCC[C@@H](NC(=O)c1c(F)ccc(C)c1F)C(=O)O. The largest absolute Gasteiger partial charge is 0.480 e. The van der Waals surface area contributed by atoms with Gasteiger partial charge in [0.25, 0.3) is 5.91 Å². The molecule has 0 aliphatic rings. The van der Waals surface area contributed by atoms with Crippen molar-refractivity contribution in [1.29, 1.82) is 0 Å². The van der Waals surface area contributed by atoms with Crippen LogP contribution in [0.3, 0.4) is 0 Å². The van der Waals surface area contributed by atoms with Crippen LogP contribution in [-0.2, 0) is 4.79 Å². The summed E-state index contributed by atoms with van der Waals surface area (Å²) in [6, 6.07) is 1.02. The Morgan fingerprint density at radius 2 is 2.05 bits per heavy atom. The lowest BCUT2D eigenvalue weighted by atomic mass is 10.1. The van der Waals surface area contributed by atoms with E-state index < -0.39 is 35.1 Å². The van der Waals surface area contributed by atoms with Crippen molar-refractivity contribution >= 4 is 23.6 Å². The Balaban J connectivity index is 2.95. The average Bonchev–Trinajstić information content (AvgIpc) is 2.39. The number of halogens is 2. The third-order valence-electron chi connectivity index (χ3n) is 2.73. The predicted octanol–water partition coefficient (Wildman–Crippen LogP) is 2.21. The van der Waals surface area contributed by atoms with E-state index in [-0.39, 0.29) is 12.0 Å². The fraction of sp³-hybridized carbons (Fsp3) is 0.385. The maximum atomic E-state index is 13.8. The van der Waals surface area contributed by atoms with E-state index in [4.69, 9.17) is 5.11 Å². The maximum absolute atomic E-state index is 13.8. The van der Waals surface area contributed by atoms with Crippen LogP contribution in [0.1, 0.15) is 22.3 Å². The summed E-state index contributed by atoms with van der Waals surface area (Å²) in [5.74, 6) is -3.77. The number of rotatable bonds is 6. The maximum Gasteiger partial charge on any atom is 0.326 e. The number of thioether (sulfide) groups is 1. The second-order valence-electron chi connectivity index (χ2n) is 4.20. The molecule has 1 rings (SSSR count). The van der Waals surface area contributed by atoms with Gasteiger partial charge in [0.05, 0.1) is 0 Å². The van der Waals surface area contributed by atoms with Gasteiger partial charge in [-0.05, 0) is 37.0 Å². The van der Waals surface area contributed by atoms with Gasteiger partial charge in [-0.15, -0.1) is 0 Å². The highest BCUT2D eigenvalue weighted by molar-refractivity contribution is 7.98. The lowest BCUT2D eigenvalue weighted by molar-refractivity contribution is -0.139. The number of hydrogen-bond acceptors (Lipinski definition) is 3. The Bertz CT molecular complexity index is 523. The van der Waals surface area contributed by atoms with Crippen LogP contribution in [0.25, 0.3) is 0 Å². The molecule has 0 fully saturated rings. The minimum atomic E-state index is -1.24. The van der Waals surface area contributed by atoms with Crippen LogP contribution >= 0.6 is 11.8 Å². The van der Waals surface area contributed by atoms with Gasteiger partial charge >= 0.3 is 5.97 Å². The summed E-state index contributed by atoms with van der Waals surface area (Å²) in [5, 5.41) is 11.1. The van der Waals surface area contributed by atoms with Crippen molar-refractivity contribution < 1.29 is 23.5 Å². The fourth-order valence-electron chi connectivity index (χ4n) is 1.59. The summed E-state index contributed by atoms with van der Waals surface area (Å²) in [4.78, 5) is 22.9. The second-order valence-corrected chi connectivity index (χ2v) is 5.18. The van der Waals surface area contributed by atoms with E-state index in [0.717, 1.165) is 6.07 Å². The molecule has 0 saturated heterocycles. The molecule has 0 unspecified atom stereocenters. The normalized spacial score (nSPS) is 12.0. The molecule has 1 aromatic carbocycles. The van der Waals surface area contributed by atoms with Gasteiger partial charge in [-0.3, -0.25) is 4.79 Å². The van der Waals surface area contributed by atoms with E-state index in [2.05, 4.69) is 5.32 Å². The number of amides is 1. The standard InChI is InChI=1S/C13H15F2NO3S/c1-7-3-4-8(14)10(11(7)15)12(17)16-9(13(18)19)5-6-20-2/h3-4,9H,5-6H2,1-2H3,(H,16,17)(H,18,19)/t9-/m1/s1. The number of carbonyl (C=O) groups is 2. The number of benzene rings is 1. The van der Waals surface area contributed by atoms with Crippen LogP contribution in [-0.4, -0.2) is 35.0 Å². The van der Waals surface area contributed by atoms with Crippen molar-refractivity contribution in [3.8, 4) is 0 Å². The summed E-state index contributed by atoms with van der Waals surface area (Å²) >= 11 is 1.42. The Morgan fingerprint density at radius 1 is 1.40 bits per heavy atom. The Labute approximate surface area is 119 Å². The second kappa shape index (κ2) is 7.23. The van der Waals surface area contributed by atoms with Crippen LogP contribution in [0.5, 0.6) is 0 Å². The van der Waals surface area contributed by atoms with Gasteiger partial charge in [0.15, 0.2) is 0 Å². The number of carboxylic acid groups (broad SMARTS) is 1. The molecule has 0 aliphatic heterocycles. The number of aliphatic carboxylic acids is 1. The Hall–Kier alpha value is -1.63. The molecule has 0 saturated carbocycles. The summed E-state index contributed by atoms with van der Waals surface area (Å²) in [5.41, 5.74) is -0.632. The number of nitrogens with one attached hydrogen (secondary N) is 1. The first-order valence-electron chi connectivity index (χ1n) is 5.85. The van der Waals surface area contributed by atoms with Crippen molar-refractivity contribution in [2.24, 2.45) is 0 Å². The summed E-state index contributed by atoms with van der Waals surface area (Å²) in [6.07, 6.45) is 1.97. The summed E-state index contributed by atoms with van der Waals surface area (Å²) in [7, 11) is 0. The molecule has 1 amide bonds. The van der Waals surface area contributed by atoms with E-state index in [1.807, 2.05) is 0 Å². The van der Waals surface area contributed by atoms with E-state index in [9.17, 15) is 18.4 Å².